The molecule has 2 aliphatic carbocycles. The Hall–Kier alpha value is -2.09. The van der Waals surface area contributed by atoms with Crippen LogP contribution in [0.5, 0.6) is 11.5 Å². The van der Waals surface area contributed by atoms with E-state index in [1.54, 1.807) is 7.11 Å². The maximum absolute atomic E-state index is 7.52. The van der Waals surface area contributed by atoms with E-state index in [2.05, 4.69) is 50.2 Å². The molecular formula is C33H41O3P. The van der Waals surface area contributed by atoms with Crippen LogP contribution in [-0.2, 0) is 18.0 Å². The summed E-state index contributed by atoms with van der Waals surface area (Å²) in [5, 5.41) is 2.47. The lowest BCUT2D eigenvalue weighted by atomic mass is 9.87. The van der Waals surface area contributed by atoms with Gasteiger partial charge < -0.3 is 14.0 Å². The van der Waals surface area contributed by atoms with Crippen LogP contribution in [0.1, 0.15) is 86.5 Å². The third kappa shape index (κ3) is 4.68. The molecule has 0 radical (unpaired) electrons. The maximum atomic E-state index is 7.52. The van der Waals surface area contributed by atoms with Gasteiger partial charge in [0.05, 0.1) is 28.5 Å². The van der Waals surface area contributed by atoms with Crippen molar-refractivity contribution >= 4 is 18.9 Å². The van der Waals surface area contributed by atoms with Gasteiger partial charge in [-0.1, -0.05) is 68.9 Å². The Morgan fingerprint density at radius 3 is 2.00 bits per heavy atom. The minimum absolute atomic E-state index is 0.554. The van der Waals surface area contributed by atoms with Crippen LogP contribution in [0.15, 0.2) is 36.4 Å². The highest BCUT2D eigenvalue weighted by Crippen LogP contribution is 2.59. The van der Waals surface area contributed by atoms with Crippen molar-refractivity contribution in [3.05, 3.63) is 58.7 Å². The number of hydrogen-bond acceptors (Lipinski definition) is 3. The average Bonchev–Trinajstić information content (AvgIpc) is 3.46. The summed E-state index contributed by atoms with van der Waals surface area (Å²) in [5.74, 6) is 2.03. The van der Waals surface area contributed by atoms with Crippen molar-refractivity contribution in [2.75, 3.05) is 7.11 Å². The molecule has 2 saturated carbocycles. The van der Waals surface area contributed by atoms with Crippen LogP contribution in [0.25, 0.3) is 21.9 Å². The fraction of sp³-hybridized carbons (Fsp3) is 0.515. The van der Waals surface area contributed by atoms with Gasteiger partial charge in [0.1, 0.15) is 11.5 Å². The van der Waals surface area contributed by atoms with Gasteiger partial charge in [-0.05, 0) is 78.6 Å². The third-order valence-corrected chi connectivity index (χ3v) is 12.0. The van der Waals surface area contributed by atoms with Gasteiger partial charge in [0.25, 0.3) is 0 Å². The summed E-state index contributed by atoms with van der Waals surface area (Å²) in [6.07, 6.45) is 13.6. The summed E-state index contributed by atoms with van der Waals surface area (Å²) in [6.45, 7) is 5.93. The fourth-order valence-electron chi connectivity index (χ4n) is 7.06. The van der Waals surface area contributed by atoms with Gasteiger partial charge in [-0.15, -0.1) is 0 Å². The Balaban J connectivity index is 1.56. The standard InChI is InChI=1S/C33H41O3P/c1-22-28-20-35-21-29(28)23(2)33(31(22)32-27-17-11-10-12-24(27)18-19-30(32)34-3)36-37(25-13-6-4-7-14-25)26-15-8-5-9-16-26/h10-12,17-19,25-26H,4-9,13-16,20-21H2,1-3H3. The zero-order chi connectivity index (χ0) is 25.4. The zero-order valence-corrected chi connectivity index (χ0v) is 23.7. The summed E-state index contributed by atoms with van der Waals surface area (Å²) in [4.78, 5) is 0. The SMILES string of the molecule is COc1ccc2ccccc2c1-c1c(C)c2c(c(C)c1OP(C1CCCCC1)C1CCCCC1)COC2. The molecule has 3 aromatic rings. The number of ether oxygens (including phenoxy) is 2. The number of rotatable bonds is 6. The molecule has 2 fully saturated rings. The molecule has 0 spiro atoms. The second-order valence-electron chi connectivity index (χ2n) is 11.3. The van der Waals surface area contributed by atoms with Crippen LogP contribution in [0, 0.1) is 13.8 Å². The Kier molecular flexibility index (Phi) is 7.46. The first-order valence-corrected chi connectivity index (χ1v) is 15.8. The van der Waals surface area contributed by atoms with E-state index < -0.39 is 8.15 Å². The van der Waals surface area contributed by atoms with Gasteiger partial charge in [0.2, 0.25) is 0 Å². The van der Waals surface area contributed by atoms with Crippen molar-refractivity contribution in [1.29, 1.82) is 0 Å². The van der Waals surface area contributed by atoms with Gasteiger partial charge in [0.15, 0.2) is 0 Å². The van der Waals surface area contributed by atoms with Gasteiger partial charge >= 0.3 is 0 Å². The number of benzene rings is 3. The Bertz CT molecular complexity index is 1250. The first-order valence-electron chi connectivity index (χ1n) is 14.4. The van der Waals surface area contributed by atoms with E-state index >= 15 is 0 Å². The van der Waals surface area contributed by atoms with Gasteiger partial charge in [-0.3, -0.25) is 0 Å². The fourth-order valence-corrected chi connectivity index (χ4v) is 10.1. The highest BCUT2D eigenvalue weighted by Gasteiger charge is 2.36. The monoisotopic (exact) mass is 516 g/mol. The van der Waals surface area contributed by atoms with E-state index in [1.165, 1.54) is 108 Å². The van der Waals surface area contributed by atoms with Crippen molar-refractivity contribution in [1.82, 2.24) is 0 Å². The first kappa shape index (κ1) is 25.2. The van der Waals surface area contributed by atoms with Crippen molar-refractivity contribution in [2.45, 2.75) is 103 Å². The topological polar surface area (TPSA) is 27.7 Å². The van der Waals surface area contributed by atoms with Gasteiger partial charge in [0, 0.05) is 22.4 Å². The lowest BCUT2D eigenvalue weighted by Crippen LogP contribution is -2.23. The van der Waals surface area contributed by atoms with E-state index in [1.807, 2.05) is 0 Å². The van der Waals surface area contributed by atoms with Gasteiger partial charge in [-0.2, -0.15) is 0 Å². The number of methoxy groups -OCH3 is 1. The lowest BCUT2D eigenvalue weighted by molar-refractivity contribution is 0.134. The molecule has 0 amide bonds. The molecule has 3 aromatic carbocycles. The normalized spacial score (nSPS) is 18.9. The summed E-state index contributed by atoms with van der Waals surface area (Å²) in [5.41, 5.74) is 9.11. The summed E-state index contributed by atoms with van der Waals surface area (Å²) in [6, 6.07) is 13.0. The largest absolute Gasteiger partial charge is 0.496 e. The predicted molar refractivity (Wildman–Crippen MR) is 155 cm³/mol. The van der Waals surface area contributed by atoms with E-state index in [0.717, 1.165) is 22.8 Å². The van der Waals surface area contributed by atoms with Crippen molar-refractivity contribution < 1.29 is 14.0 Å². The Labute approximate surface area is 223 Å². The minimum Gasteiger partial charge on any atom is -0.496 e. The van der Waals surface area contributed by atoms with Crippen LogP contribution < -0.4 is 9.26 Å². The molecule has 0 unspecified atom stereocenters. The van der Waals surface area contributed by atoms with Crippen LogP contribution in [-0.4, -0.2) is 18.4 Å². The Morgan fingerprint density at radius 1 is 0.730 bits per heavy atom. The van der Waals surface area contributed by atoms with E-state index in [-0.39, 0.29) is 0 Å². The highest BCUT2D eigenvalue weighted by atomic mass is 31.1. The first-order chi connectivity index (χ1) is 18.2. The molecule has 4 heteroatoms. The molecule has 6 rings (SSSR count). The maximum Gasteiger partial charge on any atom is 0.134 e. The Morgan fingerprint density at radius 2 is 1.35 bits per heavy atom. The van der Waals surface area contributed by atoms with Crippen LogP contribution in [0.4, 0.5) is 0 Å². The lowest BCUT2D eigenvalue weighted by Gasteiger charge is -2.38. The molecule has 3 nitrogen and oxygen atoms in total. The second-order valence-corrected chi connectivity index (χ2v) is 13.7. The molecule has 0 aromatic heterocycles. The van der Waals surface area contributed by atoms with Crippen molar-refractivity contribution in [2.24, 2.45) is 0 Å². The molecule has 0 atom stereocenters. The predicted octanol–water partition coefficient (Wildman–Crippen LogP) is 9.60. The third-order valence-electron chi connectivity index (χ3n) is 9.13. The van der Waals surface area contributed by atoms with Crippen LogP contribution >= 0.6 is 8.15 Å². The smallest absolute Gasteiger partial charge is 0.134 e. The summed E-state index contributed by atoms with van der Waals surface area (Å²) in [7, 11) is 1.24. The quantitative estimate of drug-likeness (QED) is 0.305. The van der Waals surface area contributed by atoms with Crippen LogP contribution in [0.3, 0.4) is 0 Å². The van der Waals surface area contributed by atoms with E-state index in [9.17, 15) is 0 Å². The average molecular weight is 517 g/mol. The van der Waals surface area contributed by atoms with Gasteiger partial charge in [-0.25, -0.2) is 0 Å². The molecule has 0 bridgehead atoms. The minimum atomic E-state index is -0.554. The molecule has 1 heterocycles. The van der Waals surface area contributed by atoms with Crippen molar-refractivity contribution in [3.8, 4) is 22.6 Å². The molecule has 0 N–H and O–H groups in total. The van der Waals surface area contributed by atoms with Crippen LogP contribution in [0.2, 0.25) is 0 Å². The van der Waals surface area contributed by atoms with E-state index in [0.29, 0.717) is 13.2 Å². The van der Waals surface area contributed by atoms with E-state index in [4.69, 9.17) is 14.0 Å². The second kappa shape index (κ2) is 11.0. The summed E-state index contributed by atoms with van der Waals surface area (Å²) < 4.78 is 19.6. The molecule has 37 heavy (non-hydrogen) atoms. The molecular weight excluding hydrogens is 475 g/mol. The number of hydrogen-bond donors (Lipinski definition) is 0. The molecule has 196 valence electrons. The molecule has 1 aliphatic heterocycles. The highest BCUT2D eigenvalue weighted by molar-refractivity contribution is 7.54. The molecule has 0 saturated heterocycles. The zero-order valence-electron chi connectivity index (χ0n) is 22.8. The van der Waals surface area contributed by atoms with Crippen molar-refractivity contribution in [3.63, 3.8) is 0 Å². The molecule has 3 aliphatic rings. The number of fused-ring (bicyclic) bond motifs is 2. The summed E-state index contributed by atoms with van der Waals surface area (Å²) >= 11 is 0.